The van der Waals surface area contributed by atoms with Gasteiger partial charge in [-0.1, -0.05) is 40.9 Å². The van der Waals surface area contributed by atoms with Gasteiger partial charge in [-0.05, 0) is 40.5 Å². The Balaban J connectivity index is 2.83. The van der Waals surface area contributed by atoms with E-state index in [9.17, 15) is 4.79 Å². The van der Waals surface area contributed by atoms with E-state index in [-0.39, 0.29) is 5.91 Å². The van der Waals surface area contributed by atoms with Crippen molar-refractivity contribution in [1.82, 2.24) is 4.90 Å². The molecule has 0 spiro atoms. The molecule has 0 atom stereocenters. The van der Waals surface area contributed by atoms with Crippen molar-refractivity contribution >= 4 is 49.4 Å². The predicted octanol–water partition coefficient (Wildman–Crippen LogP) is 4.74. The smallest absolute Gasteiger partial charge is 0.253 e. The highest BCUT2D eigenvalue weighted by Crippen LogP contribution is 2.23. The van der Waals surface area contributed by atoms with Gasteiger partial charge in [-0.2, -0.15) is 0 Å². The summed E-state index contributed by atoms with van der Waals surface area (Å²) >= 11 is 12.7. The number of hydrogen-bond acceptors (Lipinski definition) is 1. The zero-order valence-electron chi connectivity index (χ0n) is 10.3. The molecule has 0 N–H and O–H groups in total. The van der Waals surface area contributed by atoms with E-state index >= 15 is 0 Å². The lowest BCUT2D eigenvalue weighted by atomic mass is 10.2. The second kappa shape index (κ2) is 8.18. The standard InChI is InChI=1S/C13H16Br2ClNO/c1-2-3-7-17(8-6-14)13(18)10-4-5-11(15)12(16)9-10/h4-5,9H,2-3,6-8H2,1H3. The first-order valence-electron chi connectivity index (χ1n) is 5.90. The maximum atomic E-state index is 12.3. The van der Waals surface area contributed by atoms with Crippen molar-refractivity contribution in [3.8, 4) is 0 Å². The number of nitrogens with zero attached hydrogens (tertiary/aromatic N) is 1. The van der Waals surface area contributed by atoms with Crippen LogP contribution in [-0.4, -0.2) is 29.2 Å². The molecule has 0 aliphatic heterocycles. The quantitative estimate of drug-likeness (QED) is 0.635. The van der Waals surface area contributed by atoms with E-state index in [0.717, 1.165) is 29.2 Å². The van der Waals surface area contributed by atoms with Crippen LogP contribution in [-0.2, 0) is 0 Å². The molecular weight excluding hydrogens is 381 g/mol. The van der Waals surface area contributed by atoms with E-state index in [0.29, 0.717) is 17.1 Å². The highest BCUT2D eigenvalue weighted by atomic mass is 79.9. The van der Waals surface area contributed by atoms with E-state index in [4.69, 9.17) is 11.6 Å². The minimum Gasteiger partial charge on any atom is -0.338 e. The lowest BCUT2D eigenvalue weighted by Crippen LogP contribution is -2.33. The van der Waals surface area contributed by atoms with Gasteiger partial charge in [-0.15, -0.1) is 0 Å². The SMILES string of the molecule is CCCCN(CCBr)C(=O)c1ccc(Br)c(Cl)c1. The Morgan fingerprint density at radius 1 is 1.39 bits per heavy atom. The average Bonchev–Trinajstić information content (AvgIpc) is 2.37. The number of carbonyl (C=O) groups excluding carboxylic acids is 1. The van der Waals surface area contributed by atoms with Crippen LogP contribution in [0.15, 0.2) is 22.7 Å². The van der Waals surface area contributed by atoms with Crippen LogP contribution in [0.2, 0.25) is 5.02 Å². The van der Waals surface area contributed by atoms with Crippen molar-refractivity contribution in [1.29, 1.82) is 0 Å². The number of rotatable bonds is 6. The average molecular weight is 398 g/mol. The Labute approximate surface area is 130 Å². The van der Waals surface area contributed by atoms with Gasteiger partial charge < -0.3 is 4.90 Å². The monoisotopic (exact) mass is 395 g/mol. The van der Waals surface area contributed by atoms with Crippen LogP contribution in [0.1, 0.15) is 30.1 Å². The molecule has 2 nitrogen and oxygen atoms in total. The summed E-state index contributed by atoms with van der Waals surface area (Å²) in [7, 11) is 0. The number of carbonyl (C=O) groups is 1. The third kappa shape index (κ3) is 4.56. The van der Waals surface area contributed by atoms with Gasteiger partial charge in [0, 0.05) is 28.5 Å². The summed E-state index contributed by atoms with van der Waals surface area (Å²) in [5.41, 5.74) is 0.639. The predicted molar refractivity (Wildman–Crippen MR) is 83.8 cm³/mol. The topological polar surface area (TPSA) is 20.3 Å². The molecule has 0 heterocycles. The third-order valence-electron chi connectivity index (χ3n) is 2.59. The summed E-state index contributed by atoms with van der Waals surface area (Å²) in [6, 6.07) is 5.31. The van der Waals surface area contributed by atoms with Gasteiger partial charge in [-0.3, -0.25) is 4.79 Å². The van der Waals surface area contributed by atoms with Crippen LogP contribution >= 0.6 is 43.5 Å². The molecule has 0 radical (unpaired) electrons. The summed E-state index contributed by atoms with van der Waals surface area (Å²) < 4.78 is 0.807. The molecule has 0 fully saturated rings. The minimum atomic E-state index is 0.0392. The summed E-state index contributed by atoms with van der Waals surface area (Å²) in [6.07, 6.45) is 2.09. The molecule has 0 saturated heterocycles. The Bertz CT molecular complexity index is 412. The molecule has 0 aromatic heterocycles. The highest BCUT2D eigenvalue weighted by Gasteiger charge is 2.15. The van der Waals surface area contributed by atoms with Crippen molar-refractivity contribution in [2.75, 3.05) is 18.4 Å². The van der Waals surface area contributed by atoms with Crippen LogP contribution in [0.5, 0.6) is 0 Å². The van der Waals surface area contributed by atoms with Crippen LogP contribution < -0.4 is 0 Å². The Kier molecular flexibility index (Phi) is 7.27. The van der Waals surface area contributed by atoms with Crippen molar-refractivity contribution in [3.05, 3.63) is 33.3 Å². The zero-order chi connectivity index (χ0) is 13.5. The van der Waals surface area contributed by atoms with E-state index in [2.05, 4.69) is 38.8 Å². The fourth-order valence-electron chi connectivity index (χ4n) is 1.58. The second-order valence-corrected chi connectivity index (χ2v) is 6.02. The molecular formula is C13H16Br2ClNO. The molecule has 0 aliphatic rings. The maximum Gasteiger partial charge on any atom is 0.253 e. The zero-order valence-corrected chi connectivity index (χ0v) is 14.2. The van der Waals surface area contributed by atoms with Crippen LogP contribution in [0.4, 0.5) is 0 Å². The number of hydrogen-bond donors (Lipinski definition) is 0. The fourth-order valence-corrected chi connectivity index (χ4v) is 2.43. The van der Waals surface area contributed by atoms with Crippen LogP contribution in [0.25, 0.3) is 0 Å². The van der Waals surface area contributed by atoms with Crippen molar-refractivity contribution in [2.45, 2.75) is 19.8 Å². The van der Waals surface area contributed by atoms with E-state index in [1.54, 1.807) is 12.1 Å². The Morgan fingerprint density at radius 3 is 2.67 bits per heavy atom. The highest BCUT2D eigenvalue weighted by molar-refractivity contribution is 9.10. The number of alkyl halides is 1. The third-order valence-corrected chi connectivity index (χ3v) is 4.18. The van der Waals surface area contributed by atoms with Gasteiger partial charge in [-0.25, -0.2) is 0 Å². The first-order valence-corrected chi connectivity index (χ1v) is 8.19. The molecule has 100 valence electrons. The van der Waals surface area contributed by atoms with Gasteiger partial charge >= 0.3 is 0 Å². The Morgan fingerprint density at radius 2 is 2.11 bits per heavy atom. The van der Waals surface area contributed by atoms with Gasteiger partial charge in [0.2, 0.25) is 0 Å². The molecule has 1 amide bonds. The Hall–Kier alpha value is -0.0600. The van der Waals surface area contributed by atoms with Gasteiger partial charge in [0.1, 0.15) is 0 Å². The molecule has 0 saturated carbocycles. The molecule has 5 heteroatoms. The lowest BCUT2D eigenvalue weighted by molar-refractivity contribution is 0.0764. The van der Waals surface area contributed by atoms with Gasteiger partial charge in [0.05, 0.1) is 5.02 Å². The largest absolute Gasteiger partial charge is 0.338 e. The number of halogens is 3. The lowest BCUT2D eigenvalue weighted by Gasteiger charge is -2.21. The summed E-state index contributed by atoms with van der Waals surface area (Å²) in [5.74, 6) is 0.0392. The first-order chi connectivity index (χ1) is 8.60. The van der Waals surface area contributed by atoms with Crippen molar-refractivity contribution in [3.63, 3.8) is 0 Å². The molecule has 1 rings (SSSR count). The number of unbranched alkanes of at least 4 members (excludes halogenated alkanes) is 1. The minimum absolute atomic E-state index is 0.0392. The van der Waals surface area contributed by atoms with Crippen LogP contribution in [0, 0.1) is 0 Å². The molecule has 0 bridgehead atoms. The molecule has 0 aliphatic carbocycles. The summed E-state index contributed by atoms with van der Waals surface area (Å²) in [4.78, 5) is 14.2. The summed E-state index contributed by atoms with van der Waals surface area (Å²) in [6.45, 7) is 3.62. The molecule has 1 aromatic carbocycles. The number of amides is 1. The van der Waals surface area contributed by atoms with Gasteiger partial charge in [0.15, 0.2) is 0 Å². The van der Waals surface area contributed by atoms with Gasteiger partial charge in [0.25, 0.3) is 5.91 Å². The first kappa shape index (κ1) is 16.0. The van der Waals surface area contributed by atoms with Crippen LogP contribution in [0.3, 0.4) is 0 Å². The van der Waals surface area contributed by atoms with E-state index in [1.165, 1.54) is 0 Å². The maximum absolute atomic E-state index is 12.3. The second-order valence-electron chi connectivity index (χ2n) is 3.96. The van der Waals surface area contributed by atoms with E-state index in [1.807, 2.05) is 11.0 Å². The van der Waals surface area contributed by atoms with E-state index < -0.39 is 0 Å². The van der Waals surface area contributed by atoms with Crippen molar-refractivity contribution < 1.29 is 4.79 Å². The number of benzene rings is 1. The normalized spacial score (nSPS) is 10.4. The summed E-state index contributed by atoms with van der Waals surface area (Å²) in [5, 5.41) is 1.35. The molecule has 0 unspecified atom stereocenters. The van der Waals surface area contributed by atoms with Crippen molar-refractivity contribution in [2.24, 2.45) is 0 Å². The molecule has 1 aromatic rings. The fraction of sp³-hybridized carbons (Fsp3) is 0.462. The molecule has 18 heavy (non-hydrogen) atoms.